The lowest BCUT2D eigenvalue weighted by molar-refractivity contribution is 0.998. The third kappa shape index (κ3) is 2.58. The first kappa shape index (κ1) is 12.1. The molecule has 0 amide bonds. The van der Waals surface area contributed by atoms with Gasteiger partial charge in [0.15, 0.2) is 0 Å². The number of hydrogen-bond donors (Lipinski definition) is 1. The van der Waals surface area contributed by atoms with E-state index in [-0.39, 0.29) is 0 Å². The van der Waals surface area contributed by atoms with E-state index in [0.717, 1.165) is 21.2 Å². The van der Waals surface area contributed by atoms with Crippen molar-refractivity contribution in [2.45, 2.75) is 6.42 Å². The van der Waals surface area contributed by atoms with Crippen LogP contribution in [0.4, 0.5) is 5.82 Å². The maximum Gasteiger partial charge on any atom is 0.135 e. The van der Waals surface area contributed by atoms with Gasteiger partial charge in [0, 0.05) is 16.3 Å². The zero-order chi connectivity index (χ0) is 13.2. The van der Waals surface area contributed by atoms with E-state index in [1.54, 1.807) is 0 Å². The largest absolute Gasteiger partial charge is 0.383 e. The van der Waals surface area contributed by atoms with Crippen LogP contribution in [-0.2, 0) is 6.42 Å². The highest BCUT2D eigenvalue weighted by molar-refractivity contribution is 9.10. The summed E-state index contributed by atoms with van der Waals surface area (Å²) in [6.45, 7) is 0. The van der Waals surface area contributed by atoms with Crippen molar-refractivity contribution in [1.82, 2.24) is 9.97 Å². The highest BCUT2D eigenvalue weighted by atomic mass is 79.9. The number of benzene rings is 2. The normalized spacial score (nSPS) is 10.8. The number of rotatable bonds is 2. The molecule has 1 aromatic heterocycles. The Morgan fingerprint density at radius 1 is 1.00 bits per heavy atom. The third-order valence-electron chi connectivity index (χ3n) is 2.94. The van der Waals surface area contributed by atoms with E-state index in [2.05, 4.69) is 38.0 Å². The Labute approximate surface area is 119 Å². The smallest absolute Gasteiger partial charge is 0.135 e. The zero-order valence-corrected chi connectivity index (χ0v) is 11.8. The molecular weight excluding hydrogens is 302 g/mol. The highest BCUT2D eigenvalue weighted by Crippen LogP contribution is 2.22. The molecule has 4 heteroatoms. The van der Waals surface area contributed by atoms with Gasteiger partial charge >= 0.3 is 0 Å². The Hall–Kier alpha value is -1.94. The van der Waals surface area contributed by atoms with Crippen LogP contribution in [0.2, 0.25) is 0 Å². The van der Waals surface area contributed by atoms with Gasteiger partial charge in [-0.1, -0.05) is 46.3 Å². The van der Waals surface area contributed by atoms with E-state index in [1.165, 1.54) is 5.56 Å². The fraction of sp³-hybridized carbons (Fsp3) is 0.0667. The lowest BCUT2D eigenvalue weighted by Gasteiger charge is -2.06. The van der Waals surface area contributed by atoms with Crippen molar-refractivity contribution < 1.29 is 0 Å². The number of anilines is 1. The predicted octanol–water partition coefficient (Wildman–Crippen LogP) is 3.57. The van der Waals surface area contributed by atoms with Crippen molar-refractivity contribution in [2.24, 2.45) is 0 Å². The molecule has 94 valence electrons. The molecular formula is C15H12BrN3. The van der Waals surface area contributed by atoms with Gasteiger partial charge in [-0.15, -0.1) is 0 Å². The molecule has 0 fully saturated rings. The molecule has 2 N–H and O–H groups in total. The Kier molecular flexibility index (Phi) is 3.17. The van der Waals surface area contributed by atoms with Gasteiger partial charge in [-0.3, -0.25) is 0 Å². The molecule has 0 aliphatic rings. The Morgan fingerprint density at radius 2 is 1.79 bits per heavy atom. The van der Waals surface area contributed by atoms with E-state index in [0.29, 0.717) is 12.2 Å². The highest BCUT2D eigenvalue weighted by Gasteiger charge is 2.06. The fourth-order valence-corrected chi connectivity index (χ4v) is 2.38. The quantitative estimate of drug-likeness (QED) is 0.787. The van der Waals surface area contributed by atoms with Gasteiger partial charge in [0.05, 0.1) is 5.52 Å². The van der Waals surface area contributed by atoms with E-state index < -0.39 is 0 Å². The van der Waals surface area contributed by atoms with Crippen molar-refractivity contribution in [3.8, 4) is 0 Å². The number of fused-ring (bicyclic) bond motifs is 1. The molecule has 0 unspecified atom stereocenters. The lowest BCUT2D eigenvalue weighted by Crippen LogP contribution is -2.02. The van der Waals surface area contributed by atoms with Gasteiger partial charge < -0.3 is 5.73 Å². The zero-order valence-electron chi connectivity index (χ0n) is 10.2. The number of nitrogens with zero attached hydrogens (tertiary/aromatic N) is 2. The minimum Gasteiger partial charge on any atom is -0.383 e. The first-order valence-corrected chi connectivity index (χ1v) is 6.77. The first-order chi connectivity index (χ1) is 9.22. The predicted molar refractivity (Wildman–Crippen MR) is 80.9 cm³/mol. The molecule has 3 aromatic rings. The Bertz CT molecular complexity index is 726. The molecule has 0 saturated carbocycles. The monoisotopic (exact) mass is 313 g/mol. The Morgan fingerprint density at radius 3 is 2.58 bits per heavy atom. The Balaban J connectivity index is 2.05. The van der Waals surface area contributed by atoms with Crippen LogP contribution in [0.25, 0.3) is 10.9 Å². The summed E-state index contributed by atoms with van der Waals surface area (Å²) in [5.41, 5.74) is 8.04. The summed E-state index contributed by atoms with van der Waals surface area (Å²) >= 11 is 3.45. The molecule has 3 rings (SSSR count). The van der Waals surface area contributed by atoms with Crippen LogP contribution in [0.5, 0.6) is 0 Å². The first-order valence-electron chi connectivity index (χ1n) is 5.98. The number of halogens is 1. The fourth-order valence-electron chi connectivity index (χ4n) is 2.03. The minimum absolute atomic E-state index is 0.531. The van der Waals surface area contributed by atoms with E-state index in [9.17, 15) is 0 Å². The average Bonchev–Trinajstić information content (AvgIpc) is 2.39. The summed E-state index contributed by atoms with van der Waals surface area (Å²) in [7, 11) is 0. The minimum atomic E-state index is 0.531. The maximum absolute atomic E-state index is 5.99. The van der Waals surface area contributed by atoms with Gasteiger partial charge in [-0.25, -0.2) is 9.97 Å². The summed E-state index contributed by atoms with van der Waals surface area (Å²) in [5.74, 6) is 1.28. The van der Waals surface area contributed by atoms with Gasteiger partial charge in [-0.2, -0.15) is 0 Å². The molecule has 19 heavy (non-hydrogen) atoms. The summed E-state index contributed by atoms with van der Waals surface area (Å²) in [5, 5.41) is 0.889. The molecule has 0 aliphatic carbocycles. The molecule has 0 spiro atoms. The summed E-state index contributed by atoms with van der Waals surface area (Å²) < 4.78 is 0.990. The van der Waals surface area contributed by atoms with Gasteiger partial charge in [-0.05, 0) is 23.8 Å². The molecule has 0 saturated heterocycles. The standard InChI is InChI=1S/C15H12BrN3/c16-11-6-7-12-13(9-11)18-14(19-15(12)17)8-10-4-2-1-3-5-10/h1-7,9H,8H2,(H2,17,18,19). The van der Waals surface area contributed by atoms with Crippen molar-refractivity contribution >= 4 is 32.7 Å². The van der Waals surface area contributed by atoms with E-state index in [1.807, 2.05) is 36.4 Å². The average molecular weight is 314 g/mol. The van der Waals surface area contributed by atoms with Crippen molar-refractivity contribution in [3.63, 3.8) is 0 Å². The topological polar surface area (TPSA) is 51.8 Å². The molecule has 0 bridgehead atoms. The second kappa shape index (κ2) is 4.97. The second-order valence-corrected chi connectivity index (χ2v) is 5.26. The van der Waals surface area contributed by atoms with Crippen LogP contribution in [0.15, 0.2) is 53.0 Å². The van der Waals surface area contributed by atoms with Crippen molar-refractivity contribution in [2.75, 3.05) is 5.73 Å². The molecule has 0 atom stereocenters. The van der Waals surface area contributed by atoms with Crippen molar-refractivity contribution in [1.29, 1.82) is 0 Å². The van der Waals surface area contributed by atoms with Gasteiger partial charge in [0.2, 0.25) is 0 Å². The maximum atomic E-state index is 5.99. The molecule has 2 aromatic carbocycles. The molecule has 3 nitrogen and oxygen atoms in total. The lowest BCUT2D eigenvalue weighted by atomic mass is 10.1. The van der Waals surface area contributed by atoms with Crippen molar-refractivity contribution in [3.05, 3.63) is 64.4 Å². The van der Waals surface area contributed by atoms with Crippen LogP contribution in [0.1, 0.15) is 11.4 Å². The van der Waals surface area contributed by atoms with Crippen LogP contribution in [0, 0.1) is 0 Å². The SMILES string of the molecule is Nc1nc(Cc2ccccc2)nc2cc(Br)ccc12. The van der Waals surface area contributed by atoms with Crippen LogP contribution >= 0.6 is 15.9 Å². The van der Waals surface area contributed by atoms with Crippen LogP contribution in [-0.4, -0.2) is 9.97 Å². The van der Waals surface area contributed by atoms with E-state index in [4.69, 9.17) is 5.73 Å². The van der Waals surface area contributed by atoms with Gasteiger partial charge in [0.1, 0.15) is 11.6 Å². The number of nitrogen functional groups attached to an aromatic ring is 1. The number of hydrogen-bond acceptors (Lipinski definition) is 3. The summed E-state index contributed by atoms with van der Waals surface area (Å²) in [6.07, 6.45) is 0.688. The summed E-state index contributed by atoms with van der Waals surface area (Å²) in [6, 6.07) is 16.0. The van der Waals surface area contributed by atoms with Crippen LogP contribution < -0.4 is 5.73 Å². The van der Waals surface area contributed by atoms with E-state index >= 15 is 0 Å². The molecule has 1 heterocycles. The second-order valence-electron chi connectivity index (χ2n) is 4.35. The molecule has 0 aliphatic heterocycles. The molecule has 0 radical (unpaired) electrons. The number of aromatic nitrogens is 2. The third-order valence-corrected chi connectivity index (χ3v) is 3.43. The van der Waals surface area contributed by atoms with Crippen LogP contribution in [0.3, 0.4) is 0 Å². The van der Waals surface area contributed by atoms with Gasteiger partial charge in [0.25, 0.3) is 0 Å². The number of nitrogens with two attached hydrogens (primary N) is 1. The summed E-state index contributed by atoms with van der Waals surface area (Å²) in [4.78, 5) is 8.95.